The third kappa shape index (κ3) is 4.77. The molecule has 0 aromatic heterocycles. The maximum Gasteiger partial charge on any atom is 0.148 e. The van der Waals surface area contributed by atoms with Crippen molar-refractivity contribution in [3.63, 3.8) is 0 Å². The van der Waals surface area contributed by atoms with E-state index in [1.165, 1.54) is 17.4 Å². The summed E-state index contributed by atoms with van der Waals surface area (Å²) >= 11 is 0. The molecular formula is C12H19NO2S. The Balaban J connectivity index is 2.70. The summed E-state index contributed by atoms with van der Waals surface area (Å²) in [5.41, 5.74) is 2.37. The second-order valence-electron chi connectivity index (χ2n) is 4.27. The van der Waals surface area contributed by atoms with Gasteiger partial charge in [0, 0.05) is 12.3 Å². The van der Waals surface area contributed by atoms with Crippen LogP contribution < -0.4 is 5.32 Å². The van der Waals surface area contributed by atoms with Crippen LogP contribution in [0.25, 0.3) is 0 Å². The molecule has 0 bridgehead atoms. The summed E-state index contributed by atoms with van der Waals surface area (Å²) in [4.78, 5) is 0. The molecular weight excluding hydrogens is 222 g/mol. The van der Waals surface area contributed by atoms with Crippen LogP contribution in [0.3, 0.4) is 0 Å². The molecule has 1 atom stereocenters. The van der Waals surface area contributed by atoms with Crippen LogP contribution >= 0.6 is 0 Å². The zero-order chi connectivity index (χ0) is 12.2. The molecule has 0 saturated heterocycles. The molecule has 90 valence electrons. The minimum atomic E-state index is -2.93. The largest absolute Gasteiger partial charge is 0.316 e. The van der Waals surface area contributed by atoms with E-state index in [0.29, 0.717) is 0 Å². The van der Waals surface area contributed by atoms with Crippen molar-refractivity contribution in [1.82, 2.24) is 5.32 Å². The number of likely N-dealkylation sites (N-methyl/N-ethyl adjacent to an activating group) is 1. The minimum absolute atomic E-state index is 0.0169. The van der Waals surface area contributed by atoms with Gasteiger partial charge in [-0.05, 0) is 26.0 Å². The van der Waals surface area contributed by atoms with Gasteiger partial charge >= 0.3 is 0 Å². The standard InChI is InChI=1S/C12H19NO2S/c1-10-5-4-6-11(7-10)8-12(13-2)9-16(3,14)15/h4-7,12-13H,8-9H2,1-3H3. The predicted molar refractivity (Wildman–Crippen MR) is 67.4 cm³/mol. The van der Waals surface area contributed by atoms with Gasteiger partial charge in [0.1, 0.15) is 9.84 Å². The van der Waals surface area contributed by atoms with Crippen molar-refractivity contribution < 1.29 is 8.42 Å². The van der Waals surface area contributed by atoms with Gasteiger partial charge in [0.15, 0.2) is 0 Å². The number of nitrogens with one attached hydrogen (secondary N) is 1. The Labute approximate surface area is 97.8 Å². The van der Waals surface area contributed by atoms with Crippen molar-refractivity contribution in [2.24, 2.45) is 0 Å². The average molecular weight is 241 g/mol. The van der Waals surface area contributed by atoms with Crippen molar-refractivity contribution >= 4 is 9.84 Å². The van der Waals surface area contributed by atoms with Crippen LogP contribution in [-0.2, 0) is 16.3 Å². The average Bonchev–Trinajstić information content (AvgIpc) is 2.14. The summed E-state index contributed by atoms with van der Waals surface area (Å²) in [7, 11) is -1.13. The van der Waals surface area contributed by atoms with E-state index < -0.39 is 9.84 Å². The van der Waals surface area contributed by atoms with E-state index in [1.54, 1.807) is 7.05 Å². The highest BCUT2D eigenvalue weighted by Crippen LogP contribution is 2.07. The van der Waals surface area contributed by atoms with Crippen LogP contribution in [0.1, 0.15) is 11.1 Å². The van der Waals surface area contributed by atoms with Gasteiger partial charge in [0.25, 0.3) is 0 Å². The molecule has 16 heavy (non-hydrogen) atoms. The molecule has 1 N–H and O–H groups in total. The van der Waals surface area contributed by atoms with Gasteiger partial charge in [0.05, 0.1) is 5.75 Å². The van der Waals surface area contributed by atoms with Crippen molar-refractivity contribution in [3.8, 4) is 0 Å². The molecule has 4 heteroatoms. The van der Waals surface area contributed by atoms with Crippen LogP contribution in [0, 0.1) is 6.92 Å². The van der Waals surface area contributed by atoms with Crippen molar-refractivity contribution in [2.45, 2.75) is 19.4 Å². The molecule has 0 aliphatic heterocycles. The smallest absolute Gasteiger partial charge is 0.148 e. The minimum Gasteiger partial charge on any atom is -0.316 e. The van der Waals surface area contributed by atoms with E-state index >= 15 is 0 Å². The number of hydrogen-bond acceptors (Lipinski definition) is 3. The van der Waals surface area contributed by atoms with Crippen molar-refractivity contribution in [3.05, 3.63) is 35.4 Å². The second-order valence-corrected chi connectivity index (χ2v) is 6.46. The number of benzene rings is 1. The number of aryl methyl sites for hydroxylation is 1. The SMILES string of the molecule is CNC(Cc1cccc(C)c1)CS(C)(=O)=O. The van der Waals surface area contributed by atoms with Gasteiger partial charge in [-0.2, -0.15) is 0 Å². The zero-order valence-corrected chi connectivity index (χ0v) is 10.8. The number of rotatable bonds is 5. The first-order valence-corrected chi connectivity index (χ1v) is 7.37. The molecule has 0 fully saturated rings. The van der Waals surface area contributed by atoms with E-state index in [0.717, 1.165) is 6.42 Å². The van der Waals surface area contributed by atoms with Gasteiger partial charge in [0.2, 0.25) is 0 Å². The van der Waals surface area contributed by atoms with E-state index in [-0.39, 0.29) is 11.8 Å². The lowest BCUT2D eigenvalue weighted by molar-refractivity contribution is 0.567. The van der Waals surface area contributed by atoms with E-state index in [1.807, 2.05) is 25.1 Å². The first-order chi connectivity index (χ1) is 7.40. The van der Waals surface area contributed by atoms with E-state index in [4.69, 9.17) is 0 Å². The molecule has 3 nitrogen and oxygen atoms in total. The lowest BCUT2D eigenvalue weighted by Crippen LogP contribution is -2.34. The molecule has 1 rings (SSSR count). The van der Waals surface area contributed by atoms with Crippen LogP contribution in [0.15, 0.2) is 24.3 Å². The van der Waals surface area contributed by atoms with Crippen molar-refractivity contribution in [1.29, 1.82) is 0 Å². The molecule has 1 aromatic carbocycles. The van der Waals surface area contributed by atoms with Gasteiger partial charge in [-0.1, -0.05) is 29.8 Å². The Morgan fingerprint density at radius 1 is 1.38 bits per heavy atom. The fraction of sp³-hybridized carbons (Fsp3) is 0.500. The van der Waals surface area contributed by atoms with Crippen LogP contribution in [0.2, 0.25) is 0 Å². The summed E-state index contributed by atoms with van der Waals surface area (Å²) in [5.74, 6) is 0.178. The maximum atomic E-state index is 11.2. The topological polar surface area (TPSA) is 46.2 Å². The lowest BCUT2D eigenvalue weighted by Gasteiger charge is -2.15. The molecule has 0 spiro atoms. The zero-order valence-electron chi connectivity index (χ0n) is 10.0. The molecule has 0 aliphatic carbocycles. The molecule has 1 unspecified atom stereocenters. The highest BCUT2D eigenvalue weighted by atomic mass is 32.2. The first-order valence-electron chi connectivity index (χ1n) is 5.31. The van der Waals surface area contributed by atoms with Crippen molar-refractivity contribution in [2.75, 3.05) is 19.1 Å². The van der Waals surface area contributed by atoms with Crippen LogP contribution in [0.4, 0.5) is 0 Å². The third-order valence-electron chi connectivity index (χ3n) is 2.48. The van der Waals surface area contributed by atoms with E-state index in [2.05, 4.69) is 11.4 Å². The number of sulfone groups is 1. The van der Waals surface area contributed by atoms with Crippen LogP contribution in [-0.4, -0.2) is 33.5 Å². The van der Waals surface area contributed by atoms with Gasteiger partial charge < -0.3 is 5.32 Å². The third-order valence-corrected chi connectivity index (χ3v) is 3.48. The Morgan fingerprint density at radius 2 is 2.06 bits per heavy atom. The Kier molecular flexibility index (Phi) is 4.50. The molecule has 0 radical (unpaired) electrons. The van der Waals surface area contributed by atoms with E-state index in [9.17, 15) is 8.42 Å². The molecule has 0 amide bonds. The Bertz CT molecular complexity index is 440. The summed E-state index contributed by atoms with van der Waals surface area (Å²) in [5, 5.41) is 3.05. The summed E-state index contributed by atoms with van der Waals surface area (Å²) < 4.78 is 22.4. The molecule has 0 aliphatic rings. The molecule has 0 saturated carbocycles. The monoisotopic (exact) mass is 241 g/mol. The quantitative estimate of drug-likeness (QED) is 0.841. The molecule has 1 aromatic rings. The molecule has 0 heterocycles. The summed E-state index contributed by atoms with van der Waals surface area (Å²) in [6.45, 7) is 2.04. The lowest BCUT2D eigenvalue weighted by atomic mass is 10.1. The van der Waals surface area contributed by atoms with Gasteiger partial charge in [-0.15, -0.1) is 0 Å². The number of hydrogen-bond donors (Lipinski definition) is 1. The highest BCUT2D eigenvalue weighted by Gasteiger charge is 2.13. The summed E-state index contributed by atoms with van der Waals surface area (Å²) in [6, 6.07) is 8.13. The summed E-state index contributed by atoms with van der Waals surface area (Å²) in [6.07, 6.45) is 2.01. The Morgan fingerprint density at radius 3 is 2.56 bits per heavy atom. The van der Waals surface area contributed by atoms with Gasteiger partial charge in [-0.25, -0.2) is 8.42 Å². The second kappa shape index (κ2) is 5.46. The van der Waals surface area contributed by atoms with Crippen LogP contribution in [0.5, 0.6) is 0 Å². The maximum absolute atomic E-state index is 11.2. The normalized spacial score (nSPS) is 13.7. The van der Waals surface area contributed by atoms with Gasteiger partial charge in [-0.3, -0.25) is 0 Å². The first kappa shape index (κ1) is 13.2. The predicted octanol–water partition coefficient (Wildman–Crippen LogP) is 1.17. The fourth-order valence-corrected chi connectivity index (χ4v) is 2.75. The highest BCUT2D eigenvalue weighted by molar-refractivity contribution is 7.90. The fourth-order valence-electron chi connectivity index (χ4n) is 1.73. The Hall–Kier alpha value is -0.870.